The van der Waals surface area contributed by atoms with Crippen LogP contribution in [0.4, 0.5) is 5.69 Å². The standard InChI is InChI=1S/C14H24N4O2/c1-11-10-12(4-5-13(11)17-15)14(19)16-6-8-20-9-7-18(2)3/h4-5,10,17H,6-9,15H2,1-3H3,(H,16,19). The Kier molecular flexibility index (Phi) is 7.00. The molecule has 0 unspecified atom stereocenters. The third-order valence-corrected chi connectivity index (χ3v) is 2.86. The minimum atomic E-state index is -0.104. The molecule has 0 saturated heterocycles. The van der Waals surface area contributed by atoms with Crippen LogP contribution < -0.4 is 16.6 Å². The maximum atomic E-state index is 11.9. The van der Waals surface area contributed by atoms with E-state index in [9.17, 15) is 4.79 Å². The number of nitrogens with zero attached hydrogens (tertiary/aromatic N) is 1. The van der Waals surface area contributed by atoms with Crippen molar-refractivity contribution in [3.05, 3.63) is 29.3 Å². The van der Waals surface area contributed by atoms with Crippen LogP contribution in [0.25, 0.3) is 0 Å². The number of anilines is 1. The number of ether oxygens (including phenoxy) is 1. The summed E-state index contributed by atoms with van der Waals surface area (Å²) in [4.78, 5) is 14.0. The first-order valence-electron chi connectivity index (χ1n) is 6.62. The van der Waals surface area contributed by atoms with Crippen LogP contribution in [0.15, 0.2) is 18.2 Å². The number of benzene rings is 1. The van der Waals surface area contributed by atoms with Crippen LogP contribution in [0, 0.1) is 6.92 Å². The van der Waals surface area contributed by atoms with Gasteiger partial charge in [0.1, 0.15) is 0 Å². The maximum absolute atomic E-state index is 11.9. The number of nitrogens with two attached hydrogens (primary N) is 1. The topological polar surface area (TPSA) is 79.6 Å². The maximum Gasteiger partial charge on any atom is 0.251 e. The summed E-state index contributed by atoms with van der Waals surface area (Å²) in [7, 11) is 3.99. The molecule has 6 heteroatoms. The number of nitrogens with one attached hydrogen (secondary N) is 2. The number of likely N-dealkylation sites (N-methyl/N-ethyl adjacent to an activating group) is 1. The van der Waals surface area contributed by atoms with Crippen LogP contribution in [0.1, 0.15) is 15.9 Å². The Morgan fingerprint density at radius 1 is 1.35 bits per heavy atom. The van der Waals surface area contributed by atoms with Crippen molar-refractivity contribution in [3.8, 4) is 0 Å². The highest BCUT2D eigenvalue weighted by Gasteiger charge is 2.06. The highest BCUT2D eigenvalue weighted by atomic mass is 16.5. The fourth-order valence-corrected chi connectivity index (χ4v) is 1.65. The third kappa shape index (κ3) is 5.56. The minimum Gasteiger partial charge on any atom is -0.378 e. The number of aryl methyl sites for hydroxylation is 1. The number of hydrogen-bond donors (Lipinski definition) is 3. The van der Waals surface area contributed by atoms with Crippen LogP contribution in [0.5, 0.6) is 0 Å². The van der Waals surface area contributed by atoms with Crippen LogP contribution in [0.2, 0.25) is 0 Å². The van der Waals surface area contributed by atoms with Gasteiger partial charge in [0.15, 0.2) is 0 Å². The van der Waals surface area contributed by atoms with E-state index < -0.39 is 0 Å². The molecule has 1 aromatic rings. The van der Waals surface area contributed by atoms with E-state index in [0.717, 1.165) is 17.8 Å². The fraction of sp³-hybridized carbons (Fsp3) is 0.500. The average molecular weight is 280 g/mol. The molecule has 0 radical (unpaired) electrons. The lowest BCUT2D eigenvalue weighted by atomic mass is 10.1. The Morgan fingerprint density at radius 2 is 2.10 bits per heavy atom. The van der Waals surface area contributed by atoms with Crippen LogP contribution >= 0.6 is 0 Å². The number of rotatable bonds is 8. The Bertz CT molecular complexity index is 435. The van der Waals surface area contributed by atoms with Gasteiger partial charge in [-0.25, -0.2) is 0 Å². The molecule has 0 bridgehead atoms. The van der Waals surface area contributed by atoms with Gasteiger partial charge in [-0.2, -0.15) is 0 Å². The van der Waals surface area contributed by atoms with E-state index in [0.29, 0.717) is 25.3 Å². The zero-order valence-corrected chi connectivity index (χ0v) is 12.4. The Labute approximate surface area is 120 Å². The van der Waals surface area contributed by atoms with Crippen molar-refractivity contribution >= 4 is 11.6 Å². The second kappa shape index (κ2) is 8.52. The molecule has 0 aliphatic heterocycles. The van der Waals surface area contributed by atoms with E-state index >= 15 is 0 Å². The van der Waals surface area contributed by atoms with Crippen molar-refractivity contribution in [2.75, 3.05) is 45.8 Å². The van der Waals surface area contributed by atoms with Gasteiger partial charge < -0.3 is 20.4 Å². The molecule has 0 fully saturated rings. The lowest BCUT2D eigenvalue weighted by molar-refractivity contribution is 0.0900. The first-order valence-corrected chi connectivity index (χ1v) is 6.62. The van der Waals surface area contributed by atoms with Crippen molar-refractivity contribution in [2.45, 2.75) is 6.92 Å². The Morgan fingerprint density at radius 3 is 2.70 bits per heavy atom. The molecule has 0 atom stereocenters. The van der Waals surface area contributed by atoms with E-state index in [1.165, 1.54) is 0 Å². The fourth-order valence-electron chi connectivity index (χ4n) is 1.65. The zero-order chi connectivity index (χ0) is 15.0. The summed E-state index contributed by atoms with van der Waals surface area (Å²) in [5, 5.41) is 2.82. The second-order valence-corrected chi connectivity index (χ2v) is 4.85. The molecule has 4 N–H and O–H groups in total. The molecule has 0 spiro atoms. The summed E-state index contributed by atoms with van der Waals surface area (Å²) in [6.07, 6.45) is 0. The van der Waals surface area contributed by atoms with Gasteiger partial charge in [-0.05, 0) is 44.8 Å². The number of carbonyl (C=O) groups excluding carboxylic acids is 1. The first kappa shape index (κ1) is 16.4. The Balaban J connectivity index is 2.31. The zero-order valence-electron chi connectivity index (χ0n) is 12.4. The van der Waals surface area contributed by atoms with Crippen LogP contribution in [-0.2, 0) is 4.74 Å². The summed E-state index contributed by atoms with van der Waals surface area (Å²) in [6.45, 7) is 4.46. The molecule has 1 aromatic carbocycles. The molecule has 1 amide bonds. The van der Waals surface area contributed by atoms with E-state index in [-0.39, 0.29) is 5.91 Å². The van der Waals surface area contributed by atoms with E-state index in [1.54, 1.807) is 18.2 Å². The van der Waals surface area contributed by atoms with E-state index in [1.807, 2.05) is 25.9 Å². The molecule has 0 heterocycles. The SMILES string of the molecule is Cc1cc(C(=O)NCCOCCN(C)C)ccc1NN. The second-order valence-electron chi connectivity index (χ2n) is 4.85. The molecule has 20 heavy (non-hydrogen) atoms. The van der Waals surface area contributed by atoms with Crippen molar-refractivity contribution in [1.29, 1.82) is 0 Å². The number of nitrogen functional groups attached to an aromatic ring is 1. The van der Waals surface area contributed by atoms with Gasteiger partial charge in [0, 0.05) is 18.7 Å². The molecule has 0 saturated carbocycles. The highest BCUT2D eigenvalue weighted by Crippen LogP contribution is 2.14. The number of amides is 1. The molecule has 112 valence electrons. The van der Waals surface area contributed by atoms with E-state index in [2.05, 4.69) is 10.7 Å². The van der Waals surface area contributed by atoms with Crippen molar-refractivity contribution in [1.82, 2.24) is 10.2 Å². The lowest BCUT2D eigenvalue weighted by Gasteiger charge is -2.11. The summed E-state index contributed by atoms with van der Waals surface area (Å²) >= 11 is 0. The molecule has 0 aliphatic carbocycles. The number of hydrogen-bond acceptors (Lipinski definition) is 5. The normalized spacial score (nSPS) is 10.7. The van der Waals surface area contributed by atoms with Gasteiger partial charge in [-0.15, -0.1) is 0 Å². The van der Waals surface area contributed by atoms with Gasteiger partial charge in [0.05, 0.1) is 18.9 Å². The smallest absolute Gasteiger partial charge is 0.251 e. The molecule has 0 aliphatic rings. The molecule has 6 nitrogen and oxygen atoms in total. The van der Waals surface area contributed by atoms with Crippen LogP contribution in [-0.4, -0.2) is 51.2 Å². The third-order valence-electron chi connectivity index (χ3n) is 2.86. The quantitative estimate of drug-likeness (QED) is 0.369. The first-order chi connectivity index (χ1) is 9.54. The van der Waals surface area contributed by atoms with Crippen LogP contribution in [0.3, 0.4) is 0 Å². The summed E-state index contributed by atoms with van der Waals surface area (Å²) < 4.78 is 5.41. The van der Waals surface area contributed by atoms with Gasteiger partial charge in [-0.3, -0.25) is 10.6 Å². The van der Waals surface area contributed by atoms with E-state index in [4.69, 9.17) is 10.6 Å². The van der Waals surface area contributed by atoms with Gasteiger partial charge in [0.25, 0.3) is 5.91 Å². The summed E-state index contributed by atoms with van der Waals surface area (Å²) in [5.74, 6) is 5.25. The number of hydrazine groups is 1. The summed E-state index contributed by atoms with van der Waals surface area (Å²) in [5.41, 5.74) is 4.95. The van der Waals surface area contributed by atoms with Gasteiger partial charge in [0.2, 0.25) is 0 Å². The van der Waals surface area contributed by atoms with Crippen molar-refractivity contribution in [2.24, 2.45) is 5.84 Å². The predicted octanol–water partition coefficient (Wildman–Crippen LogP) is 0.589. The summed E-state index contributed by atoms with van der Waals surface area (Å²) in [6, 6.07) is 5.33. The van der Waals surface area contributed by atoms with Crippen molar-refractivity contribution in [3.63, 3.8) is 0 Å². The number of carbonyl (C=O) groups is 1. The molecule has 0 aromatic heterocycles. The van der Waals surface area contributed by atoms with Gasteiger partial charge in [-0.1, -0.05) is 0 Å². The van der Waals surface area contributed by atoms with Gasteiger partial charge >= 0.3 is 0 Å². The average Bonchev–Trinajstić information content (AvgIpc) is 2.42. The predicted molar refractivity (Wildman–Crippen MR) is 80.7 cm³/mol. The Hall–Kier alpha value is -1.63. The lowest BCUT2D eigenvalue weighted by Crippen LogP contribution is -2.28. The highest BCUT2D eigenvalue weighted by molar-refractivity contribution is 5.94. The molecular formula is C14H24N4O2. The molecular weight excluding hydrogens is 256 g/mol. The molecule has 1 rings (SSSR count). The monoisotopic (exact) mass is 280 g/mol. The largest absolute Gasteiger partial charge is 0.378 e. The minimum absolute atomic E-state index is 0.104. The van der Waals surface area contributed by atoms with Crippen molar-refractivity contribution < 1.29 is 9.53 Å².